The van der Waals surface area contributed by atoms with Crippen LogP contribution in [0.1, 0.15) is 30.3 Å². The second kappa shape index (κ2) is 10.9. The first-order valence-electron chi connectivity index (χ1n) is 9.26. The SMILES string of the molecule is CCNC(=NCc1cn2c(C)cccc2n1)NCCCc1ccccc1.I. The number of benzene rings is 1. The maximum Gasteiger partial charge on any atom is 0.191 e. The Morgan fingerprint density at radius 2 is 1.89 bits per heavy atom. The third-order valence-corrected chi connectivity index (χ3v) is 4.27. The lowest BCUT2D eigenvalue weighted by Crippen LogP contribution is -2.37. The summed E-state index contributed by atoms with van der Waals surface area (Å²) in [5.41, 5.74) is 4.49. The third kappa shape index (κ3) is 6.23. The molecule has 0 amide bonds. The van der Waals surface area contributed by atoms with Crippen molar-refractivity contribution in [2.45, 2.75) is 33.2 Å². The minimum atomic E-state index is 0. The summed E-state index contributed by atoms with van der Waals surface area (Å²) in [6, 6.07) is 16.7. The molecule has 0 aliphatic heterocycles. The molecule has 5 nitrogen and oxygen atoms in total. The highest BCUT2D eigenvalue weighted by molar-refractivity contribution is 14.0. The number of nitrogens with one attached hydrogen (secondary N) is 2. The summed E-state index contributed by atoms with van der Waals surface area (Å²) in [5, 5.41) is 6.71. The lowest BCUT2D eigenvalue weighted by molar-refractivity contribution is 0.743. The molecule has 0 aliphatic carbocycles. The number of aryl methyl sites for hydroxylation is 2. The van der Waals surface area contributed by atoms with Crippen molar-refractivity contribution in [3.63, 3.8) is 0 Å². The van der Waals surface area contributed by atoms with Crippen LogP contribution in [0.2, 0.25) is 0 Å². The van der Waals surface area contributed by atoms with Crippen LogP contribution >= 0.6 is 24.0 Å². The van der Waals surface area contributed by atoms with Gasteiger partial charge in [0.2, 0.25) is 0 Å². The van der Waals surface area contributed by atoms with Crippen molar-refractivity contribution < 1.29 is 0 Å². The van der Waals surface area contributed by atoms with E-state index < -0.39 is 0 Å². The summed E-state index contributed by atoms with van der Waals surface area (Å²) >= 11 is 0. The predicted molar refractivity (Wildman–Crippen MR) is 123 cm³/mol. The molecule has 27 heavy (non-hydrogen) atoms. The lowest BCUT2D eigenvalue weighted by atomic mass is 10.1. The fourth-order valence-corrected chi connectivity index (χ4v) is 2.92. The molecule has 0 bridgehead atoms. The third-order valence-electron chi connectivity index (χ3n) is 4.27. The van der Waals surface area contributed by atoms with Gasteiger partial charge in [0, 0.05) is 25.0 Å². The van der Waals surface area contributed by atoms with Crippen molar-refractivity contribution in [1.29, 1.82) is 0 Å². The first-order chi connectivity index (χ1) is 12.8. The Hall–Kier alpha value is -2.09. The molecule has 0 saturated heterocycles. The number of aromatic nitrogens is 2. The number of imidazole rings is 1. The van der Waals surface area contributed by atoms with Crippen LogP contribution in [0.25, 0.3) is 5.65 Å². The predicted octanol–water partition coefficient (Wildman–Crippen LogP) is 3.95. The summed E-state index contributed by atoms with van der Waals surface area (Å²) in [5.74, 6) is 0.842. The van der Waals surface area contributed by atoms with Gasteiger partial charge in [0.25, 0.3) is 0 Å². The van der Waals surface area contributed by atoms with Gasteiger partial charge in [-0.3, -0.25) is 0 Å². The largest absolute Gasteiger partial charge is 0.357 e. The van der Waals surface area contributed by atoms with Gasteiger partial charge in [0.05, 0.1) is 12.2 Å². The molecule has 2 heterocycles. The van der Waals surface area contributed by atoms with Crippen molar-refractivity contribution in [2.75, 3.05) is 13.1 Å². The highest BCUT2D eigenvalue weighted by atomic mass is 127. The zero-order valence-electron chi connectivity index (χ0n) is 16.0. The van der Waals surface area contributed by atoms with Crippen LogP contribution in [0.3, 0.4) is 0 Å². The molecule has 0 radical (unpaired) electrons. The van der Waals surface area contributed by atoms with Gasteiger partial charge in [-0.05, 0) is 44.4 Å². The molecule has 6 heteroatoms. The van der Waals surface area contributed by atoms with Gasteiger partial charge in [-0.15, -0.1) is 24.0 Å². The van der Waals surface area contributed by atoms with Crippen LogP contribution in [0.5, 0.6) is 0 Å². The number of nitrogens with zero attached hydrogens (tertiary/aromatic N) is 3. The van der Waals surface area contributed by atoms with Crippen LogP contribution in [0, 0.1) is 6.92 Å². The number of hydrogen-bond donors (Lipinski definition) is 2. The van der Waals surface area contributed by atoms with Gasteiger partial charge in [0.1, 0.15) is 5.65 Å². The van der Waals surface area contributed by atoms with E-state index in [1.54, 1.807) is 0 Å². The Kier molecular flexibility index (Phi) is 8.57. The second-order valence-electron chi connectivity index (χ2n) is 6.34. The zero-order valence-corrected chi connectivity index (χ0v) is 18.3. The van der Waals surface area contributed by atoms with Crippen molar-refractivity contribution in [3.8, 4) is 0 Å². The Morgan fingerprint density at radius 3 is 2.63 bits per heavy atom. The maximum absolute atomic E-state index is 4.67. The normalized spacial score (nSPS) is 11.3. The molecule has 3 aromatic rings. The minimum absolute atomic E-state index is 0. The molecule has 0 unspecified atom stereocenters. The van der Waals surface area contributed by atoms with E-state index in [0.29, 0.717) is 6.54 Å². The first kappa shape index (κ1) is 21.2. The van der Waals surface area contributed by atoms with Gasteiger partial charge < -0.3 is 15.0 Å². The monoisotopic (exact) mass is 477 g/mol. The van der Waals surface area contributed by atoms with Gasteiger partial charge >= 0.3 is 0 Å². The van der Waals surface area contributed by atoms with Crippen molar-refractivity contribution in [3.05, 3.63) is 71.7 Å². The average molecular weight is 477 g/mol. The number of rotatable bonds is 7. The van der Waals surface area contributed by atoms with Crippen LogP contribution in [0.4, 0.5) is 0 Å². The minimum Gasteiger partial charge on any atom is -0.357 e. The molecule has 1 aromatic carbocycles. The molecular formula is C21H28IN5. The molecule has 0 atom stereocenters. The quantitative estimate of drug-likeness (QED) is 0.235. The summed E-state index contributed by atoms with van der Waals surface area (Å²) in [6.07, 6.45) is 4.20. The van der Waals surface area contributed by atoms with Gasteiger partial charge in [0.15, 0.2) is 5.96 Å². The van der Waals surface area contributed by atoms with E-state index in [0.717, 1.165) is 43.2 Å². The fourth-order valence-electron chi connectivity index (χ4n) is 2.92. The standard InChI is InChI=1S/C21H27N5.HI/c1-3-22-21(23-14-8-12-18-10-5-4-6-11-18)24-15-19-16-26-17(2)9-7-13-20(26)25-19;/h4-7,9-11,13,16H,3,8,12,14-15H2,1-2H3,(H2,22,23,24);1H. The van der Waals surface area contributed by atoms with E-state index in [1.807, 2.05) is 12.1 Å². The zero-order chi connectivity index (χ0) is 18.2. The Labute approximate surface area is 178 Å². The van der Waals surface area contributed by atoms with Crippen LogP contribution in [0.15, 0.2) is 59.7 Å². The van der Waals surface area contributed by atoms with E-state index >= 15 is 0 Å². The number of halogens is 1. The molecule has 2 aromatic heterocycles. The summed E-state index contributed by atoms with van der Waals surface area (Å²) < 4.78 is 2.10. The molecule has 0 aliphatic rings. The highest BCUT2D eigenvalue weighted by Crippen LogP contribution is 2.09. The molecule has 0 fully saturated rings. The summed E-state index contributed by atoms with van der Waals surface area (Å²) in [6.45, 7) is 6.46. The van der Waals surface area contributed by atoms with Gasteiger partial charge in [-0.1, -0.05) is 36.4 Å². The van der Waals surface area contributed by atoms with Crippen LogP contribution < -0.4 is 10.6 Å². The van der Waals surface area contributed by atoms with Crippen molar-refractivity contribution >= 4 is 35.6 Å². The van der Waals surface area contributed by atoms with Gasteiger partial charge in [-0.25, -0.2) is 9.98 Å². The molecule has 144 valence electrons. The summed E-state index contributed by atoms with van der Waals surface area (Å²) in [4.78, 5) is 9.31. The Bertz CT molecular complexity index is 857. The highest BCUT2D eigenvalue weighted by Gasteiger charge is 2.03. The molecule has 0 spiro atoms. The molecule has 3 rings (SSSR count). The lowest BCUT2D eigenvalue weighted by Gasteiger charge is -2.10. The van der Waals surface area contributed by atoms with Crippen molar-refractivity contribution in [1.82, 2.24) is 20.0 Å². The maximum atomic E-state index is 4.67. The first-order valence-corrected chi connectivity index (χ1v) is 9.26. The Balaban J connectivity index is 0.00000261. The number of guanidine groups is 1. The van der Waals surface area contributed by atoms with E-state index in [4.69, 9.17) is 0 Å². The van der Waals surface area contributed by atoms with E-state index in [-0.39, 0.29) is 24.0 Å². The summed E-state index contributed by atoms with van der Waals surface area (Å²) in [7, 11) is 0. The Morgan fingerprint density at radius 1 is 1.07 bits per heavy atom. The number of hydrogen-bond acceptors (Lipinski definition) is 2. The van der Waals surface area contributed by atoms with E-state index in [2.05, 4.69) is 81.5 Å². The number of aliphatic imine (C=N–C) groups is 1. The second-order valence-corrected chi connectivity index (χ2v) is 6.34. The molecular weight excluding hydrogens is 449 g/mol. The molecule has 0 saturated carbocycles. The van der Waals surface area contributed by atoms with Gasteiger partial charge in [-0.2, -0.15) is 0 Å². The topological polar surface area (TPSA) is 53.7 Å². The molecule has 2 N–H and O–H groups in total. The van der Waals surface area contributed by atoms with E-state index in [9.17, 15) is 0 Å². The average Bonchev–Trinajstić information content (AvgIpc) is 3.08. The van der Waals surface area contributed by atoms with E-state index in [1.165, 1.54) is 11.3 Å². The number of fused-ring (bicyclic) bond motifs is 1. The fraction of sp³-hybridized carbons (Fsp3) is 0.333. The van der Waals surface area contributed by atoms with Crippen LogP contribution in [-0.2, 0) is 13.0 Å². The van der Waals surface area contributed by atoms with Crippen molar-refractivity contribution in [2.24, 2.45) is 4.99 Å². The number of pyridine rings is 1. The van der Waals surface area contributed by atoms with Crippen LogP contribution in [-0.4, -0.2) is 28.4 Å². The smallest absolute Gasteiger partial charge is 0.191 e.